The number of carbonyl (C=O) groups is 2. The molecule has 0 spiro atoms. The number of aliphatic hydroxyl groups is 1. The lowest BCUT2D eigenvalue weighted by atomic mass is 9.67. The Morgan fingerprint density at radius 1 is 1.20 bits per heavy atom. The van der Waals surface area contributed by atoms with Crippen LogP contribution in [0.1, 0.15) is 44.1 Å². The molecule has 1 saturated heterocycles. The molecule has 25 heavy (non-hydrogen) atoms. The molecule has 1 aromatic rings. The molecular formula is C20H23NO4. The van der Waals surface area contributed by atoms with Crippen LogP contribution in [0.25, 0.3) is 0 Å². The Morgan fingerprint density at radius 2 is 1.92 bits per heavy atom. The van der Waals surface area contributed by atoms with Crippen LogP contribution in [0.3, 0.4) is 0 Å². The molecule has 1 aromatic carbocycles. The van der Waals surface area contributed by atoms with E-state index in [-0.39, 0.29) is 24.5 Å². The van der Waals surface area contributed by atoms with Gasteiger partial charge >= 0.3 is 5.97 Å². The molecule has 2 unspecified atom stereocenters. The molecule has 5 nitrogen and oxygen atoms in total. The van der Waals surface area contributed by atoms with Gasteiger partial charge in [0.25, 0.3) is 0 Å². The van der Waals surface area contributed by atoms with Crippen LogP contribution in [0.2, 0.25) is 0 Å². The van der Waals surface area contributed by atoms with Gasteiger partial charge in [0.1, 0.15) is 12.3 Å². The third-order valence-electron chi connectivity index (χ3n) is 5.75. The van der Waals surface area contributed by atoms with Gasteiger partial charge in [-0.3, -0.25) is 4.79 Å². The van der Waals surface area contributed by atoms with Gasteiger partial charge in [-0.1, -0.05) is 55.7 Å². The largest absolute Gasteiger partial charge is 0.456 e. The Bertz CT molecular complexity index is 706. The lowest BCUT2D eigenvalue weighted by Crippen LogP contribution is -2.67. The van der Waals surface area contributed by atoms with E-state index in [9.17, 15) is 14.7 Å². The number of benzene rings is 1. The molecule has 1 saturated carbocycles. The summed E-state index contributed by atoms with van der Waals surface area (Å²) in [5.41, 5.74) is 0.352. The maximum absolute atomic E-state index is 12.7. The standard InChI is InChI=1S/C20H23NO4/c22-18-17(20(24)11-5-2-6-12-20)15-9-10-16(21(15)18)19(23)25-13-14-7-3-1-4-8-14/h1,3-4,7-8,10,15,17,24H,2,5-6,9,11-13H2. The molecule has 0 radical (unpaired) electrons. The van der Waals surface area contributed by atoms with E-state index < -0.39 is 11.6 Å². The Morgan fingerprint density at radius 3 is 2.64 bits per heavy atom. The predicted octanol–water partition coefficient (Wildman–Crippen LogP) is 2.54. The molecule has 1 amide bonds. The van der Waals surface area contributed by atoms with E-state index in [1.807, 2.05) is 30.3 Å². The Kier molecular flexibility index (Phi) is 4.12. The van der Waals surface area contributed by atoms with E-state index in [2.05, 4.69) is 0 Å². The SMILES string of the molecule is O=C(OCc1ccccc1)C1=CCC2C(C3(O)CCCCC3)C(=O)N12. The number of hydrogen-bond acceptors (Lipinski definition) is 4. The maximum atomic E-state index is 12.7. The monoisotopic (exact) mass is 341 g/mol. The molecule has 2 aliphatic heterocycles. The summed E-state index contributed by atoms with van der Waals surface area (Å²) in [6.45, 7) is 0.192. The van der Waals surface area contributed by atoms with Crippen LogP contribution in [0, 0.1) is 5.92 Å². The second kappa shape index (κ2) is 6.30. The summed E-state index contributed by atoms with van der Waals surface area (Å²) in [5.74, 6) is -0.966. The summed E-state index contributed by atoms with van der Waals surface area (Å²) in [5, 5.41) is 10.9. The van der Waals surface area contributed by atoms with Gasteiger partial charge in [0.15, 0.2) is 0 Å². The quantitative estimate of drug-likeness (QED) is 0.675. The van der Waals surface area contributed by atoms with E-state index in [0.717, 1.165) is 24.8 Å². The number of ether oxygens (including phenoxy) is 1. The predicted molar refractivity (Wildman–Crippen MR) is 91.1 cm³/mol. The number of nitrogens with zero attached hydrogens (tertiary/aromatic N) is 1. The van der Waals surface area contributed by atoms with Gasteiger partial charge in [-0.05, 0) is 24.8 Å². The van der Waals surface area contributed by atoms with Gasteiger partial charge in [-0.15, -0.1) is 0 Å². The summed E-state index contributed by atoms with van der Waals surface area (Å²) in [4.78, 5) is 26.6. The van der Waals surface area contributed by atoms with Crippen molar-refractivity contribution < 1.29 is 19.4 Å². The molecular weight excluding hydrogens is 318 g/mol. The fourth-order valence-electron chi connectivity index (χ4n) is 4.46. The molecule has 132 valence electrons. The van der Waals surface area contributed by atoms with Crippen molar-refractivity contribution in [2.45, 2.75) is 56.8 Å². The summed E-state index contributed by atoms with van der Waals surface area (Å²) < 4.78 is 5.36. The highest BCUT2D eigenvalue weighted by atomic mass is 16.5. The van der Waals surface area contributed by atoms with Crippen LogP contribution in [-0.2, 0) is 20.9 Å². The van der Waals surface area contributed by atoms with Crippen molar-refractivity contribution in [2.75, 3.05) is 0 Å². The van der Waals surface area contributed by atoms with Gasteiger partial charge in [0.05, 0.1) is 17.6 Å². The number of amides is 1. The zero-order valence-electron chi connectivity index (χ0n) is 14.2. The molecule has 3 aliphatic rings. The number of esters is 1. The van der Waals surface area contributed by atoms with Gasteiger partial charge in [-0.25, -0.2) is 4.79 Å². The highest BCUT2D eigenvalue weighted by molar-refractivity contribution is 6.00. The molecule has 1 aliphatic carbocycles. The molecule has 0 bridgehead atoms. The minimum Gasteiger partial charge on any atom is -0.456 e. The topological polar surface area (TPSA) is 66.8 Å². The van der Waals surface area contributed by atoms with Crippen molar-refractivity contribution >= 4 is 11.9 Å². The molecule has 2 heterocycles. The van der Waals surface area contributed by atoms with E-state index in [0.29, 0.717) is 25.0 Å². The number of rotatable bonds is 4. The number of carbonyl (C=O) groups excluding carboxylic acids is 2. The zero-order valence-corrected chi connectivity index (χ0v) is 14.2. The van der Waals surface area contributed by atoms with Crippen LogP contribution in [-0.4, -0.2) is 33.5 Å². The fourth-order valence-corrected chi connectivity index (χ4v) is 4.46. The van der Waals surface area contributed by atoms with Crippen molar-refractivity contribution in [3.8, 4) is 0 Å². The highest BCUT2D eigenvalue weighted by Crippen LogP contribution is 2.48. The molecule has 4 rings (SSSR count). The van der Waals surface area contributed by atoms with Crippen LogP contribution in [0.15, 0.2) is 42.1 Å². The zero-order chi connectivity index (χ0) is 17.4. The summed E-state index contributed by atoms with van der Waals surface area (Å²) >= 11 is 0. The third-order valence-corrected chi connectivity index (χ3v) is 5.75. The van der Waals surface area contributed by atoms with Crippen LogP contribution < -0.4 is 0 Å². The van der Waals surface area contributed by atoms with Crippen molar-refractivity contribution in [3.05, 3.63) is 47.7 Å². The van der Waals surface area contributed by atoms with Gasteiger partial charge in [-0.2, -0.15) is 0 Å². The third kappa shape index (κ3) is 2.76. The van der Waals surface area contributed by atoms with E-state index >= 15 is 0 Å². The normalized spacial score (nSPS) is 27.3. The minimum atomic E-state index is -0.895. The first-order valence-corrected chi connectivity index (χ1v) is 9.07. The van der Waals surface area contributed by atoms with Gasteiger partial charge in [0.2, 0.25) is 5.91 Å². The van der Waals surface area contributed by atoms with Crippen molar-refractivity contribution in [2.24, 2.45) is 5.92 Å². The summed E-state index contributed by atoms with van der Waals surface area (Å²) in [7, 11) is 0. The first-order chi connectivity index (χ1) is 12.1. The van der Waals surface area contributed by atoms with Crippen molar-refractivity contribution in [1.29, 1.82) is 0 Å². The van der Waals surface area contributed by atoms with E-state index in [4.69, 9.17) is 4.74 Å². The number of hydrogen-bond donors (Lipinski definition) is 1. The molecule has 2 atom stereocenters. The Hall–Kier alpha value is -2.14. The molecule has 1 N–H and O–H groups in total. The molecule has 2 fully saturated rings. The van der Waals surface area contributed by atoms with Crippen LogP contribution >= 0.6 is 0 Å². The maximum Gasteiger partial charge on any atom is 0.355 e. The smallest absolute Gasteiger partial charge is 0.355 e. The Labute approximate surface area is 147 Å². The summed E-state index contributed by atoms with van der Waals surface area (Å²) in [6, 6.07) is 9.38. The lowest BCUT2D eigenvalue weighted by molar-refractivity contribution is -0.177. The van der Waals surface area contributed by atoms with E-state index in [1.165, 1.54) is 4.90 Å². The second-order valence-electron chi connectivity index (χ2n) is 7.30. The second-order valence-corrected chi connectivity index (χ2v) is 7.30. The average molecular weight is 341 g/mol. The average Bonchev–Trinajstić information content (AvgIpc) is 3.00. The Balaban J connectivity index is 1.40. The summed E-state index contributed by atoms with van der Waals surface area (Å²) in [6.07, 6.45) is 6.81. The minimum absolute atomic E-state index is 0.0881. The molecule has 0 aromatic heterocycles. The van der Waals surface area contributed by atoms with Crippen molar-refractivity contribution in [3.63, 3.8) is 0 Å². The number of β-lactam (4-membered cyclic amide) rings is 1. The van der Waals surface area contributed by atoms with E-state index in [1.54, 1.807) is 6.08 Å². The highest BCUT2D eigenvalue weighted by Gasteiger charge is 2.60. The van der Waals surface area contributed by atoms with Gasteiger partial charge < -0.3 is 14.7 Å². The lowest BCUT2D eigenvalue weighted by Gasteiger charge is -2.52. The first kappa shape index (κ1) is 16.3. The number of fused-ring (bicyclic) bond motifs is 1. The first-order valence-electron chi connectivity index (χ1n) is 9.07. The van der Waals surface area contributed by atoms with Gasteiger partial charge in [0, 0.05) is 0 Å². The molecule has 5 heteroatoms. The fraction of sp³-hybridized carbons (Fsp3) is 0.500. The van der Waals surface area contributed by atoms with Crippen LogP contribution in [0.4, 0.5) is 0 Å². The van der Waals surface area contributed by atoms with Crippen LogP contribution in [0.5, 0.6) is 0 Å². The van der Waals surface area contributed by atoms with Crippen molar-refractivity contribution in [1.82, 2.24) is 4.90 Å².